The van der Waals surface area contributed by atoms with Gasteiger partial charge in [0.15, 0.2) is 24.8 Å². The number of hydrogen-bond donors (Lipinski definition) is 0. The van der Waals surface area contributed by atoms with Crippen LogP contribution in [0.2, 0.25) is 0 Å². The van der Waals surface area contributed by atoms with Crippen molar-refractivity contribution in [3.8, 4) is 45.0 Å². The first-order valence-corrected chi connectivity index (χ1v) is 33.8. The Labute approximate surface area is 561 Å². The quantitative estimate of drug-likeness (QED) is 0.135. The van der Waals surface area contributed by atoms with E-state index in [1.54, 1.807) is 12.1 Å². The van der Waals surface area contributed by atoms with Crippen molar-refractivity contribution in [1.82, 2.24) is 0 Å². The normalized spacial score (nSPS) is 12.9. The van der Waals surface area contributed by atoms with Gasteiger partial charge in [0.25, 0.3) is 0 Å². The maximum absolute atomic E-state index is 7.63. The molecule has 0 bridgehead atoms. The highest BCUT2D eigenvalue weighted by Crippen LogP contribution is 2.39. The van der Waals surface area contributed by atoms with Gasteiger partial charge in [-0.15, -0.1) is 0 Å². The van der Waals surface area contributed by atoms with Crippen LogP contribution in [0.1, 0.15) is 240 Å². The molecule has 0 N–H and O–H groups in total. The van der Waals surface area contributed by atoms with Crippen molar-refractivity contribution >= 4 is 0 Å². The summed E-state index contributed by atoms with van der Waals surface area (Å²) in [6, 6.07) is 37.1. The summed E-state index contributed by atoms with van der Waals surface area (Å²) in [5.41, 5.74) is 30.2. The molecule has 0 aliphatic heterocycles. The molecule has 4 nitrogen and oxygen atoms in total. The average Bonchev–Trinajstić information content (AvgIpc) is 0.783. The summed E-state index contributed by atoms with van der Waals surface area (Å²) in [6.07, 6.45) is 11.5. The number of rotatable bonds is 8. The zero-order chi connectivity index (χ0) is 71.5. The maximum Gasteiger partial charge on any atom is 0.212 e. The van der Waals surface area contributed by atoms with Gasteiger partial charge in [0.1, 0.15) is 28.2 Å². The van der Waals surface area contributed by atoms with E-state index in [0.29, 0.717) is 17.4 Å². The Bertz CT molecular complexity index is 3940. The molecule has 0 aliphatic carbocycles. The Balaban J connectivity index is 0.000000227. The highest BCUT2D eigenvalue weighted by molar-refractivity contribution is 5.66. The fraction of sp³-hybridized carbons (Fsp3) is 0.494. The van der Waals surface area contributed by atoms with Crippen molar-refractivity contribution in [3.05, 3.63) is 211 Å². The topological polar surface area (TPSA) is 15.5 Å². The molecule has 4 aromatic heterocycles. The second-order valence-electron chi connectivity index (χ2n) is 33.8. The van der Waals surface area contributed by atoms with E-state index in [4.69, 9.17) is 4.11 Å². The van der Waals surface area contributed by atoms with Gasteiger partial charge in [-0.2, -0.15) is 0 Å². The van der Waals surface area contributed by atoms with Gasteiger partial charge < -0.3 is 0 Å². The van der Waals surface area contributed by atoms with E-state index >= 15 is 0 Å². The molecule has 0 saturated carbocycles. The van der Waals surface area contributed by atoms with Gasteiger partial charge in [-0.3, -0.25) is 0 Å². The molecule has 0 fully saturated rings. The van der Waals surface area contributed by atoms with Gasteiger partial charge in [0, 0.05) is 72.9 Å². The predicted molar refractivity (Wildman–Crippen MR) is 395 cm³/mol. The van der Waals surface area contributed by atoms with Gasteiger partial charge in [-0.05, 0) is 174 Å². The molecule has 4 heterocycles. The lowest BCUT2D eigenvalue weighted by atomic mass is 9.75. The number of aromatic nitrogens is 4. The molecule has 8 rings (SSSR count). The third kappa shape index (κ3) is 19.8. The Morgan fingerprint density at radius 2 is 0.582 bits per heavy atom. The average molecular weight is 1230 g/mol. The van der Waals surface area contributed by atoms with Gasteiger partial charge >= 0.3 is 0 Å². The molecule has 8 aromatic rings. The van der Waals surface area contributed by atoms with Crippen LogP contribution in [0, 0.1) is 60.2 Å². The zero-order valence-electron chi connectivity index (χ0n) is 66.5. The lowest BCUT2D eigenvalue weighted by Crippen LogP contribution is -2.36. The minimum atomic E-state index is -2.07. The van der Waals surface area contributed by atoms with Gasteiger partial charge in [-0.1, -0.05) is 224 Å². The summed E-state index contributed by atoms with van der Waals surface area (Å²) in [7, 11) is 8.56. The van der Waals surface area contributed by atoms with E-state index in [0.717, 1.165) is 29.7 Å². The number of aryl methyl sites for hydroxylation is 11. The largest absolute Gasteiger partial charge is 0.212 e. The molecule has 0 radical (unpaired) electrons. The Morgan fingerprint density at radius 1 is 0.308 bits per heavy atom. The molecule has 0 unspecified atom stereocenters. The molecular formula is C87H126N4+4. The summed E-state index contributed by atoms with van der Waals surface area (Å²) in [5, 5.41) is 0. The number of benzene rings is 4. The minimum absolute atomic E-state index is 0.0260. The highest BCUT2D eigenvalue weighted by Gasteiger charge is 2.34. The van der Waals surface area contributed by atoms with Crippen LogP contribution in [0.3, 0.4) is 0 Å². The molecule has 0 aliphatic rings. The second kappa shape index (κ2) is 29.2. The number of hydrogen-bond acceptors (Lipinski definition) is 0. The zero-order valence-corrected chi connectivity index (χ0v) is 63.5. The van der Waals surface area contributed by atoms with Crippen LogP contribution in [0.25, 0.3) is 45.0 Å². The fourth-order valence-electron chi connectivity index (χ4n) is 12.7. The fourth-order valence-corrected chi connectivity index (χ4v) is 12.7. The van der Waals surface area contributed by atoms with Crippen LogP contribution >= 0.6 is 0 Å². The lowest BCUT2D eigenvalue weighted by Gasteiger charge is -2.29. The van der Waals surface area contributed by atoms with Crippen LogP contribution < -0.4 is 18.3 Å². The van der Waals surface area contributed by atoms with Crippen molar-refractivity contribution < 1.29 is 22.4 Å². The lowest BCUT2D eigenvalue weighted by molar-refractivity contribution is -0.661. The van der Waals surface area contributed by atoms with Crippen LogP contribution in [-0.4, -0.2) is 0 Å². The van der Waals surface area contributed by atoms with E-state index < -0.39 is 6.85 Å². The van der Waals surface area contributed by atoms with E-state index in [-0.39, 0.29) is 32.5 Å². The smallest absolute Gasteiger partial charge is 0.201 e. The third-order valence-electron chi connectivity index (χ3n) is 17.6. The SMILES string of the molecule is Cc1ccc(-c2cc(C(C)(C)C)c(C(C)(C)C)c[n+]2C)c(C)c1.Cc1ccc(-c2cc(CC(C)C)c(CC(C)C)c[n+]2C)c(C)c1.Cc1ccccc1-c1cc(C(C)(C)C)c(C(C)(C)C)c[n+]1C.[2H]C([2H])([2H])c1ccc(-c2cc(C(C)(C)C)c(C(C)(C)C)c[n+]2C)c(C)c1. The van der Waals surface area contributed by atoms with E-state index in [1.165, 1.54) is 106 Å². The van der Waals surface area contributed by atoms with Crippen molar-refractivity contribution in [2.24, 2.45) is 40.0 Å². The Kier molecular flexibility index (Phi) is 22.6. The molecular weight excluding hydrogens is 1100 g/mol. The van der Waals surface area contributed by atoms with Crippen molar-refractivity contribution in [2.75, 3.05) is 0 Å². The van der Waals surface area contributed by atoms with Gasteiger partial charge in [0.05, 0.1) is 0 Å². The van der Waals surface area contributed by atoms with Crippen LogP contribution in [-0.2, 0) is 73.5 Å². The highest BCUT2D eigenvalue weighted by atomic mass is 14.9. The summed E-state index contributed by atoms with van der Waals surface area (Å²) in [6.45, 7) is 61.1. The molecule has 490 valence electrons. The van der Waals surface area contributed by atoms with E-state index in [9.17, 15) is 0 Å². The van der Waals surface area contributed by atoms with E-state index in [2.05, 4.69) is 343 Å². The summed E-state index contributed by atoms with van der Waals surface area (Å²) in [5.74, 6) is 1.37. The molecule has 4 heteroatoms. The monoisotopic (exact) mass is 1230 g/mol. The second-order valence-corrected chi connectivity index (χ2v) is 33.8. The molecule has 4 aromatic carbocycles. The number of pyridine rings is 4. The van der Waals surface area contributed by atoms with Crippen molar-refractivity contribution in [2.45, 2.75) is 246 Å². The van der Waals surface area contributed by atoms with Crippen LogP contribution in [0.15, 0.2) is 128 Å². The third-order valence-corrected chi connectivity index (χ3v) is 17.6. The first-order chi connectivity index (χ1) is 42.8. The van der Waals surface area contributed by atoms with Gasteiger partial charge in [-0.25, -0.2) is 18.3 Å². The van der Waals surface area contributed by atoms with Crippen molar-refractivity contribution in [3.63, 3.8) is 0 Å². The van der Waals surface area contributed by atoms with E-state index in [1.807, 2.05) is 13.0 Å². The summed E-state index contributed by atoms with van der Waals surface area (Å²) < 4.78 is 31.9. The minimum Gasteiger partial charge on any atom is -0.201 e. The van der Waals surface area contributed by atoms with Crippen molar-refractivity contribution in [1.29, 1.82) is 0 Å². The molecule has 0 spiro atoms. The Hall–Kier alpha value is -6.52. The standard InChI is InChI=1S/3C22H32N.C21H30N/c2*1-15-10-11-17(16(2)12-15)20-13-18(21(3,4)5)19(14-23(20)9)22(6,7)8;1-15(2)10-19-13-22(21-9-8-17(5)12-18(21)6)23(7)14-20(19)11-16(3)4;1-15-11-9-10-12-16(15)19-13-17(20(2,3)4)18(14-22(19)8)21(5,6)7/h2*10-14H,1-9H3;8-9,12-16H,10-11H2,1-7H3;9-14H,1-8H3/q4*+1/i1D3;;;. The molecule has 91 heavy (non-hydrogen) atoms. The maximum atomic E-state index is 7.63. The van der Waals surface area contributed by atoms with Crippen LogP contribution in [0.5, 0.6) is 0 Å². The molecule has 0 atom stereocenters. The summed E-state index contributed by atoms with van der Waals surface area (Å²) in [4.78, 5) is 0. The Morgan fingerprint density at radius 3 is 0.879 bits per heavy atom. The molecule has 0 saturated heterocycles. The van der Waals surface area contributed by atoms with Gasteiger partial charge in [0.2, 0.25) is 22.8 Å². The first-order valence-electron chi connectivity index (χ1n) is 35.3. The molecule has 0 amide bonds. The first kappa shape index (κ1) is 70.4. The van der Waals surface area contributed by atoms with Crippen LogP contribution in [0.4, 0.5) is 0 Å². The predicted octanol–water partition coefficient (Wildman–Crippen LogP) is 21.1. The summed E-state index contributed by atoms with van der Waals surface area (Å²) >= 11 is 0. The number of nitrogens with zero attached hydrogens (tertiary/aromatic N) is 4.